The van der Waals surface area contributed by atoms with E-state index in [4.69, 9.17) is 4.74 Å². The van der Waals surface area contributed by atoms with Gasteiger partial charge in [-0.05, 0) is 44.7 Å². The fraction of sp³-hybridized carbons (Fsp3) is 0.471. The molecule has 1 atom stereocenters. The maximum Gasteiger partial charge on any atom is 0.345 e. The normalized spacial score (nSPS) is 13.9. The van der Waals surface area contributed by atoms with Crippen LogP contribution in [0.25, 0.3) is 6.08 Å². The van der Waals surface area contributed by atoms with E-state index in [1.165, 1.54) is 13.8 Å². The molecule has 0 bridgehead atoms. The Morgan fingerprint density at radius 1 is 1.33 bits per heavy atom. The largest absolute Gasteiger partial charge is 0.464 e. The molecule has 0 aliphatic carbocycles. The standard InChI is InChI=1S/C17H22F2O2/c1-4-21-16(20)15(18)14(10-11-17(2,3)19)12-13-8-6-5-7-9-13/h5-9,12,15H,4,10-11H2,1-3H3/b14-12-/t15-/m1/s1. The molecule has 1 aromatic rings. The average Bonchev–Trinajstić information content (AvgIpc) is 2.43. The molecule has 0 aliphatic heterocycles. The van der Waals surface area contributed by atoms with E-state index in [-0.39, 0.29) is 25.0 Å². The highest BCUT2D eigenvalue weighted by molar-refractivity contribution is 5.80. The molecule has 0 fully saturated rings. The zero-order chi connectivity index (χ0) is 15.9. The quantitative estimate of drug-likeness (QED) is 0.692. The van der Waals surface area contributed by atoms with Gasteiger partial charge in [0.15, 0.2) is 0 Å². The monoisotopic (exact) mass is 296 g/mol. The third-order valence-corrected chi connectivity index (χ3v) is 2.98. The number of ether oxygens (including phenoxy) is 1. The molecule has 0 aliphatic rings. The summed E-state index contributed by atoms with van der Waals surface area (Å²) >= 11 is 0. The Bertz CT molecular complexity index is 475. The second-order valence-electron chi connectivity index (χ2n) is 5.46. The van der Waals surface area contributed by atoms with Crippen molar-refractivity contribution in [3.63, 3.8) is 0 Å². The van der Waals surface area contributed by atoms with Crippen molar-refractivity contribution >= 4 is 12.0 Å². The summed E-state index contributed by atoms with van der Waals surface area (Å²) in [5.41, 5.74) is -0.397. The summed E-state index contributed by atoms with van der Waals surface area (Å²) in [5.74, 6) is -0.920. The molecule has 4 heteroatoms. The first-order valence-corrected chi connectivity index (χ1v) is 7.08. The lowest BCUT2D eigenvalue weighted by molar-refractivity contribution is -0.147. The van der Waals surface area contributed by atoms with Crippen LogP contribution < -0.4 is 0 Å². The molecule has 0 radical (unpaired) electrons. The lowest BCUT2D eigenvalue weighted by Gasteiger charge is -2.17. The zero-order valence-electron chi connectivity index (χ0n) is 12.7. The van der Waals surface area contributed by atoms with Crippen LogP contribution in [0, 0.1) is 0 Å². The second kappa shape index (κ2) is 7.91. The minimum atomic E-state index is -1.85. The van der Waals surface area contributed by atoms with Crippen LogP contribution in [0.15, 0.2) is 35.9 Å². The van der Waals surface area contributed by atoms with Gasteiger partial charge in [0, 0.05) is 0 Å². The highest BCUT2D eigenvalue weighted by atomic mass is 19.1. The summed E-state index contributed by atoms with van der Waals surface area (Å²) in [6, 6.07) is 9.09. The average molecular weight is 296 g/mol. The number of benzene rings is 1. The van der Waals surface area contributed by atoms with Crippen molar-refractivity contribution in [1.29, 1.82) is 0 Å². The maximum absolute atomic E-state index is 14.2. The molecule has 116 valence electrons. The van der Waals surface area contributed by atoms with Gasteiger partial charge in [0.25, 0.3) is 0 Å². The molecule has 0 N–H and O–H groups in total. The highest BCUT2D eigenvalue weighted by Crippen LogP contribution is 2.25. The first kappa shape index (κ1) is 17.3. The van der Waals surface area contributed by atoms with Crippen molar-refractivity contribution in [3.8, 4) is 0 Å². The summed E-state index contributed by atoms with van der Waals surface area (Å²) in [5, 5.41) is 0. The number of esters is 1. The van der Waals surface area contributed by atoms with Crippen LogP contribution in [0.5, 0.6) is 0 Å². The fourth-order valence-electron chi connectivity index (χ4n) is 1.84. The molecule has 0 amide bonds. The third kappa shape index (κ3) is 6.52. The number of halogens is 2. The van der Waals surface area contributed by atoms with Gasteiger partial charge in [-0.1, -0.05) is 36.4 Å². The Hall–Kier alpha value is -1.71. The van der Waals surface area contributed by atoms with Crippen molar-refractivity contribution in [2.24, 2.45) is 0 Å². The van der Waals surface area contributed by atoms with Gasteiger partial charge in [-0.25, -0.2) is 13.6 Å². The van der Waals surface area contributed by atoms with Crippen molar-refractivity contribution in [1.82, 2.24) is 0 Å². The van der Waals surface area contributed by atoms with E-state index in [2.05, 4.69) is 0 Å². The van der Waals surface area contributed by atoms with Crippen LogP contribution >= 0.6 is 0 Å². The smallest absolute Gasteiger partial charge is 0.345 e. The molecule has 0 saturated heterocycles. The van der Waals surface area contributed by atoms with Crippen LogP contribution in [0.3, 0.4) is 0 Å². The van der Waals surface area contributed by atoms with Crippen LogP contribution in [-0.2, 0) is 9.53 Å². The Kier molecular flexibility index (Phi) is 6.53. The SMILES string of the molecule is CCOC(=O)[C@H](F)/C(=C\c1ccccc1)CCC(C)(C)F. The third-order valence-electron chi connectivity index (χ3n) is 2.98. The van der Waals surface area contributed by atoms with Crippen LogP contribution in [0.1, 0.15) is 39.2 Å². The van der Waals surface area contributed by atoms with Crippen molar-refractivity contribution < 1.29 is 18.3 Å². The molecular weight excluding hydrogens is 274 g/mol. The summed E-state index contributed by atoms with van der Waals surface area (Å²) in [6.45, 7) is 4.61. The molecule has 0 spiro atoms. The molecule has 1 rings (SSSR count). The van der Waals surface area contributed by atoms with Gasteiger partial charge in [-0.2, -0.15) is 0 Å². The van der Waals surface area contributed by atoms with Crippen molar-refractivity contribution in [2.75, 3.05) is 6.61 Å². The van der Waals surface area contributed by atoms with E-state index < -0.39 is 17.8 Å². The Balaban J connectivity index is 2.94. The van der Waals surface area contributed by atoms with E-state index in [9.17, 15) is 13.6 Å². The number of hydrogen-bond donors (Lipinski definition) is 0. The lowest BCUT2D eigenvalue weighted by atomic mass is 9.96. The Morgan fingerprint density at radius 2 is 1.95 bits per heavy atom. The molecule has 0 heterocycles. The number of carbonyl (C=O) groups is 1. The maximum atomic E-state index is 14.2. The fourth-order valence-corrected chi connectivity index (χ4v) is 1.84. The molecular formula is C17H22F2O2. The predicted octanol–water partition coefficient (Wildman–Crippen LogP) is 4.50. The van der Waals surface area contributed by atoms with Crippen molar-refractivity contribution in [3.05, 3.63) is 41.5 Å². The van der Waals surface area contributed by atoms with Gasteiger partial charge in [-0.3, -0.25) is 0 Å². The van der Waals surface area contributed by atoms with E-state index >= 15 is 0 Å². The van der Waals surface area contributed by atoms with Gasteiger partial charge in [0.2, 0.25) is 6.17 Å². The van der Waals surface area contributed by atoms with E-state index in [1.807, 2.05) is 18.2 Å². The highest BCUT2D eigenvalue weighted by Gasteiger charge is 2.26. The Labute approximate surface area is 124 Å². The van der Waals surface area contributed by atoms with E-state index in [1.54, 1.807) is 25.1 Å². The summed E-state index contributed by atoms with van der Waals surface area (Å²) in [6.07, 6.45) is 0.0458. The van der Waals surface area contributed by atoms with Crippen molar-refractivity contribution in [2.45, 2.75) is 45.5 Å². The van der Waals surface area contributed by atoms with Crippen LogP contribution in [0.4, 0.5) is 8.78 Å². The van der Waals surface area contributed by atoms with E-state index in [0.29, 0.717) is 0 Å². The number of rotatable bonds is 7. The van der Waals surface area contributed by atoms with Gasteiger partial charge in [0.1, 0.15) is 5.67 Å². The molecule has 1 aromatic carbocycles. The molecule has 0 aromatic heterocycles. The van der Waals surface area contributed by atoms with Gasteiger partial charge < -0.3 is 4.74 Å². The first-order valence-electron chi connectivity index (χ1n) is 7.08. The number of hydrogen-bond acceptors (Lipinski definition) is 2. The minimum absolute atomic E-state index is 0.118. The summed E-state index contributed by atoms with van der Waals surface area (Å²) in [4.78, 5) is 11.6. The van der Waals surface area contributed by atoms with Gasteiger partial charge in [0.05, 0.1) is 6.61 Å². The predicted molar refractivity (Wildman–Crippen MR) is 80.4 cm³/mol. The van der Waals surface area contributed by atoms with E-state index in [0.717, 1.165) is 5.56 Å². The molecule has 0 saturated carbocycles. The molecule has 0 unspecified atom stereocenters. The molecule has 21 heavy (non-hydrogen) atoms. The van der Waals surface area contributed by atoms with Crippen LogP contribution in [-0.4, -0.2) is 24.4 Å². The van der Waals surface area contributed by atoms with Gasteiger partial charge in [-0.15, -0.1) is 0 Å². The van der Waals surface area contributed by atoms with Gasteiger partial charge >= 0.3 is 5.97 Å². The Morgan fingerprint density at radius 3 is 2.48 bits per heavy atom. The summed E-state index contributed by atoms with van der Waals surface area (Å²) < 4.78 is 32.6. The minimum Gasteiger partial charge on any atom is -0.464 e. The topological polar surface area (TPSA) is 26.3 Å². The second-order valence-corrected chi connectivity index (χ2v) is 5.46. The number of carbonyl (C=O) groups excluding carboxylic acids is 1. The number of alkyl halides is 2. The summed E-state index contributed by atoms with van der Waals surface area (Å²) in [7, 11) is 0. The first-order chi connectivity index (χ1) is 9.83. The lowest BCUT2D eigenvalue weighted by Crippen LogP contribution is -2.22. The molecule has 2 nitrogen and oxygen atoms in total. The van der Waals surface area contributed by atoms with Crippen LogP contribution in [0.2, 0.25) is 0 Å². The zero-order valence-corrected chi connectivity index (χ0v) is 12.7.